The molecule has 0 aliphatic carbocycles. The Morgan fingerprint density at radius 3 is 2.81 bits per heavy atom. The van der Waals surface area contributed by atoms with Gasteiger partial charge in [-0.25, -0.2) is 0 Å². The van der Waals surface area contributed by atoms with E-state index in [0.717, 1.165) is 52.1 Å². The summed E-state index contributed by atoms with van der Waals surface area (Å²) in [5, 5.41) is 0. The van der Waals surface area contributed by atoms with Crippen LogP contribution in [0, 0.1) is 0 Å². The van der Waals surface area contributed by atoms with Gasteiger partial charge in [-0.15, -0.1) is 11.3 Å². The Bertz CT molecular complexity index is 832. The summed E-state index contributed by atoms with van der Waals surface area (Å²) >= 11 is 7.41. The average Bonchev–Trinajstić information content (AvgIpc) is 3.23. The van der Waals surface area contributed by atoms with Crippen LogP contribution in [-0.2, 0) is 4.79 Å². The zero-order valence-corrected chi connectivity index (χ0v) is 15.9. The lowest BCUT2D eigenvalue weighted by Crippen LogP contribution is -2.28. The van der Waals surface area contributed by atoms with Crippen molar-refractivity contribution in [3.05, 3.63) is 51.2 Å². The number of hydrogen-bond donors (Lipinski definition) is 0. The molecule has 3 heterocycles. The van der Waals surface area contributed by atoms with E-state index in [1.54, 1.807) is 6.08 Å². The van der Waals surface area contributed by atoms with E-state index >= 15 is 0 Å². The Morgan fingerprint density at radius 2 is 2.00 bits per heavy atom. The Balaban J connectivity index is 1.52. The normalized spacial score (nSPS) is 19.7. The number of likely N-dealkylation sites (tertiary alicyclic amines) is 1. The number of rotatable bonds is 3. The van der Waals surface area contributed by atoms with Crippen LogP contribution in [0.3, 0.4) is 0 Å². The summed E-state index contributed by atoms with van der Waals surface area (Å²) in [4.78, 5) is 15.6. The first-order valence-corrected chi connectivity index (χ1v) is 10.0. The fourth-order valence-corrected chi connectivity index (χ4v) is 4.39. The predicted molar refractivity (Wildman–Crippen MR) is 104 cm³/mol. The molecule has 4 nitrogen and oxygen atoms in total. The molecule has 136 valence electrons. The van der Waals surface area contributed by atoms with Crippen LogP contribution in [0.25, 0.3) is 6.08 Å². The van der Waals surface area contributed by atoms with E-state index in [9.17, 15) is 4.79 Å². The highest BCUT2D eigenvalue weighted by molar-refractivity contribution is 7.17. The first-order valence-electron chi connectivity index (χ1n) is 8.84. The quantitative estimate of drug-likeness (QED) is 0.698. The zero-order valence-electron chi connectivity index (χ0n) is 14.3. The molecular weight excluding hydrogens is 370 g/mol. The summed E-state index contributed by atoms with van der Waals surface area (Å²) in [7, 11) is 0. The highest BCUT2D eigenvalue weighted by atomic mass is 35.5. The Kier molecular flexibility index (Phi) is 5.18. The number of thiophene rings is 1. The number of halogens is 1. The fraction of sp³-hybridized carbons (Fsp3) is 0.350. The molecular formula is C20H20ClNO3S. The van der Waals surface area contributed by atoms with E-state index in [1.165, 1.54) is 11.3 Å². The molecule has 0 saturated carbocycles. The third-order valence-corrected chi connectivity index (χ3v) is 5.87. The summed E-state index contributed by atoms with van der Waals surface area (Å²) in [6.07, 6.45) is 6.33. The molecule has 0 N–H and O–H groups in total. The molecule has 1 amide bonds. The van der Waals surface area contributed by atoms with Crippen molar-refractivity contribution in [2.45, 2.75) is 25.3 Å². The van der Waals surface area contributed by atoms with E-state index < -0.39 is 0 Å². The maximum absolute atomic E-state index is 12.7. The van der Waals surface area contributed by atoms with Crippen molar-refractivity contribution in [2.24, 2.45) is 0 Å². The molecule has 1 saturated heterocycles. The summed E-state index contributed by atoms with van der Waals surface area (Å²) in [6.45, 7) is 2.11. The lowest BCUT2D eigenvalue weighted by molar-refractivity contribution is -0.126. The van der Waals surface area contributed by atoms with E-state index in [0.29, 0.717) is 13.2 Å². The van der Waals surface area contributed by atoms with Crippen LogP contribution in [0.1, 0.15) is 35.7 Å². The number of ether oxygens (including phenoxy) is 2. The molecule has 1 fully saturated rings. The summed E-state index contributed by atoms with van der Waals surface area (Å²) in [5.74, 6) is 1.60. The molecule has 1 atom stereocenters. The number of nitrogens with zero attached hydrogens (tertiary/aromatic N) is 1. The van der Waals surface area contributed by atoms with Gasteiger partial charge in [0.15, 0.2) is 11.5 Å². The molecule has 4 rings (SSSR count). The van der Waals surface area contributed by atoms with Crippen LogP contribution in [-0.4, -0.2) is 30.6 Å². The zero-order chi connectivity index (χ0) is 17.9. The van der Waals surface area contributed by atoms with Gasteiger partial charge in [-0.2, -0.15) is 0 Å². The topological polar surface area (TPSA) is 38.8 Å². The third kappa shape index (κ3) is 3.74. The summed E-state index contributed by atoms with van der Waals surface area (Å²) < 4.78 is 12.2. The first kappa shape index (κ1) is 17.4. The summed E-state index contributed by atoms with van der Waals surface area (Å²) in [6, 6.07) is 9.87. The van der Waals surface area contributed by atoms with Crippen molar-refractivity contribution in [1.29, 1.82) is 0 Å². The van der Waals surface area contributed by atoms with Gasteiger partial charge in [0.05, 0.1) is 23.6 Å². The molecule has 2 aliphatic heterocycles. The van der Waals surface area contributed by atoms with Crippen LogP contribution in [0.2, 0.25) is 4.34 Å². The molecule has 1 aromatic carbocycles. The maximum Gasteiger partial charge on any atom is 0.247 e. The smallest absolute Gasteiger partial charge is 0.247 e. The van der Waals surface area contributed by atoms with E-state index in [4.69, 9.17) is 21.1 Å². The highest BCUT2D eigenvalue weighted by Crippen LogP contribution is 2.38. The standard InChI is InChI=1S/C20H20ClNO3S/c21-19-8-5-15(26-19)6-9-20(23)22-10-1-3-16(22)14-4-7-17-18(13-14)25-12-2-11-24-17/h4-9,13,16H,1-3,10-12H2/b9-6+. The monoisotopic (exact) mass is 389 g/mol. The van der Waals surface area contributed by atoms with Crippen molar-refractivity contribution in [3.8, 4) is 11.5 Å². The minimum atomic E-state index is 0.0316. The van der Waals surface area contributed by atoms with Crippen molar-refractivity contribution in [3.63, 3.8) is 0 Å². The minimum absolute atomic E-state index is 0.0316. The van der Waals surface area contributed by atoms with Gasteiger partial charge < -0.3 is 14.4 Å². The molecule has 2 aliphatic rings. The predicted octanol–water partition coefficient (Wildman–Crippen LogP) is 4.94. The van der Waals surface area contributed by atoms with Gasteiger partial charge in [0.25, 0.3) is 0 Å². The van der Waals surface area contributed by atoms with Gasteiger partial charge in [0.1, 0.15) is 0 Å². The lowest BCUT2D eigenvalue weighted by atomic mass is 10.0. The second-order valence-corrected chi connectivity index (χ2v) is 8.17. The van der Waals surface area contributed by atoms with E-state index in [1.807, 2.05) is 41.3 Å². The van der Waals surface area contributed by atoms with Crippen LogP contribution in [0.4, 0.5) is 0 Å². The second-order valence-electron chi connectivity index (χ2n) is 6.42. The van der Waals surface area contributed by atoms with Gasteiger partial charge in [-0.3, -0.25) is 4.79 Å². The van der Waals surface area contributed by atoms with Crippen LogP contribution in [0.15, 0.2) is 36.4 Å². The molecule has 1 unspecified atom stereocenters. The number of carbonyl (C=O) groups is 1. The maximum atomic E-state index is 12.7. The average molecular weight is 390 g/mol. The highest BCUT2D eigenvalue weighted by Gasteiger charge is 2.29. The van der Waals surface area contributed by atoms with E-state index in [2.05, 4.69) is 0 Å². The van der Waals surface area contributed by atoms with Gasteiger partial charge in [0, 0.05) is 23.9 Å². The number of amides is 1. The van der Waals surface area contributed by atoms with Crippen molar-refractivity contribution in [2.75, 3.05) is 19.8 Å². The van der Waals surface area contributed by atoms with Crippen LogP contribution < -0.4 is 9.47 Å². The molecule has 0 spiro atoms. The molecule has 2 aromatic rings. The first-order chi connectivity index (χ1) is 12.7. The van der Waals surface area contributed by atoms with Crippen molar-refractivity contribution >= 4 is 34.9 Å². The molecule has 0 radical (unpaired) electrons. The Morgan fingerprint density at radius 1 is 1.15 bits per heavy atom. The Labute approximate surface area is 162 Å². The summed E-state index contributed by atoms with van der Waals surface area (Å²) in [5.41, 5.74) is 1.10. The Hall–Kier alpha value is -1.98. The number of benzene rings is 1. The molecule has 1 aromatic heterocycles. The second kappa shape index (κ2) is 7.72. The molecule has 26 heavy (non-hydrogen) atoms. The van der Waals surface area contributed by atoms with Gasteiger partial charge >= 0.3 is 0 Å². The van der Waals surface area contributed by atoms with Crippen molar-refractivity contribution in [1.82, 2.24) is 4.90 Å². The SMILES string of the molecule is O=C(/C=C/c1ccc(Cl)s1)N1CCCC1c1ccc2c(c1)OCCCO2. The van der Waals surface area contributed by atoms with E-state index in [-0.39, 0.29) is 11.9 Å². The molecule has 6 heteroatoms. The van der Waals surface area contributed by atoms with Gasteiger partial charge in [0.2, 0.25) is 5.91 Å². The van der Waals surface area contributed by atoms with Crippen molar-refractivity contribution < 1.29 is 14.3 Å². The van der Waals surface area contributed by atoms with Gasteiger partial charge in [-0.1, -0.05) is 17.7 Å². The van der Waals surface area contributed by atoms with Crippen LogP contribution >= 0.6 is 22.9 Å². The lowest BCUT2D eigenvalue weighted by Gasteiger charge is -2.24. The number of fused-ring (bicyclic) bond motifs is 1. The minimum Gasteiger partial charge on any atom is -0.490 e. The number of carbonyl (C=O) groups excluding carboxylic acids is 1. The van der Waals surface area contributed by atoms with Crippen LogP contribution in [0.5, 0.6) is 11.5 Å². The third-order valence-electron chi connectivity index (χ3n) is 4.68. The van der Waals surface area contributed by atoms with Gasteiger partial charge in [-0.05, 0) is 48.7 Å². The number of hydrogen-bond acceptors (Lipinski definition) is 4. The molecule has 0 bridgehead atoms. The largest absolute Gasteiger partial charge is 0.490 e. The fourth-order valence-electron chi connectivity index (χ4n) is 3.43.